The van der Waals surface area contributed by atoms with Crippen LogP contribution in [0.25, 0.3) is 0 Å². The van der Waals surface area contributed by atoms with Crippen molar-refractivity contribution in [1.82, 2.24) is 10.6 Å². The molecule has 0 saturated heterocycles. The van der Waals surface area contributed by atoms with E-state index in [9.17, 15) is 19.2 Å². The molecule has 0 aromatic heterocycles. The van der Waals surface area contributed by atoms with E-state index < -0.39 is 5.97 Å². The van der Waals surface area contributed by atoms with E-state index in [4.69, 9.17) is 4.74 Å². The van der Waals surface area contributed by atoms with Gasteiger partial charge in [-0.1, -0.05) is 0 Å². The van der Waals surface area contributed by atoms with Crippen molar-refractivity contribution in [1.29, 1.82) is 0 Å². The first kappa shape index (κ1) is 18.1. The maximum atomic E-state index is 11.4. The van der Waals surface area contributed by atoms with Gasteiger partial charge in [0.05, 0.1) is 0 Å². The van der Waals surface area contributed by atoms with Gasteiger partial charge >= 0.3 is 5.97 Å². The third-order valence-corrected chi connectivity index (χ3v) is 2.60. The summed E-state index contributed by atoms with van der Waals surface area (Å²) in [6.45, 7) is -0.271. The van der Waals surface area contributed by atoms with Gasteiger partial charge < -0.3 is 15.4 Å². The minimum absolute atomic E-state index is 0.110. The molecule has 0 unspecified atom stereocenters. The van der Waals surface area contributed by atoms with Crippen LogP contribution in [0.15, 0.2) is 0 Å². The van der Waals surface area contributed by atoms with E-state index in [1.165, 1.54) is 14.1 Å². The average molecular weight is 286 g/mol. The first-order valence-corrected chi connectivity index (χ1v) is 6.58. The molecule has 0 fully saturated rings. The molecule has 0 aliphatic heterocycles. The van der Waals surface area contributed by atoms with Crippen LogP contribution < -0.4 is 10.6 Å². The standard InChI is InChI=1S/C13H22N2O5/c1-14-11(17)6-3-5-10(16)9-20-13(19)8-4-7-12(18)15-2/h3-9H2,1-2H3,(H,14,17)(H,15,18). The van der Waals surface area contributed by atoms with E-state index in [-0.39, 0.29) is 49.9 Å². The highest BCUT2D eigenvalue weighted by molar-refractivity contribution is 5.83. The third-order valence-electron chi connectivity index (χ3n) is 2.60. The molecule has 0 aliphatic carbocycles. The summed E-state index contributed by atoms with van der Waals surface area (Å²) in [5, 5.41) is 4.91. The van der Waals surface area contributed by atoms with Gasteiger partial charge in [0.15, 0.2) is 5.78 Å². The predicted octanol–water partition coefficient (Wildman–Crippen LogP) is -0.0687. The quantitative estimate of drug-likeness (QED) is 0.547. The molecule has 0 spiro atoms. The molecule has 0 aliphatic rings. The van der Waals surface area contributed by atoms with Gasteiger partial charge in [0.1, 0.15) is 6.61 Å². The van der Waals surface area contributed by atoms with Crippen molar-refractivity contribution in [2.45, 2.75) is 38.5 Å². The van der Waals surface area contributed by atoms with Crippen LogP contribution in [0.1, 0.15) is 38.5 Å². The second-order valence-corrected chi connectivity index (χ2v) is 4.25. The van der Waals surface area contributed by atoms with Crippen LogP contribution in [0.4, 0.5) is 0 Å². The largest absolute Gasteiger partial charge is 0.458 e. The lowest BCUT2D eigenvalue weighted by Crippen LogP contribution is -2.19. The van der Waals surface area contributed by atoms with E-state index in [0.29, 0.717) is 12.8 Å². The fourth-order valence-electron chi connectivity index (χ4n) is 1.39. The Balaban J connectivity index is 3.60. The summed E-state index contributed by atoms with van der Waals surface area (Å²) in [6.07, 6.45) is 1.68. The summed E-state index contributed by atoms with van der Waals surface area (Å²) >= 11 is 0. The number of carbonyl (C=O) groups excluding carboxylic acids is 4. The molecular formula is C13H22N2O5. The molecule has 0 rings (SSSR count). The van der Waals surface area contributed by atoms with Crippen molar-refractivity contribution in [2.24, 2.45) is 0 Å². The highest BCUT2D eigenvalue weighted by Crippen LogP contribution is 2.00. The molecule has 0 aromatic carbocycles. The Morgan fingerprint density at radius 1 is 0.800 bits per heavy atom. The molecule has 2 amide bonds. The van der Waals surface area contributed by atoms with Gasteiger partial charge in [-0.2, -0.15) is 0 Å². The van der Waals surface area contributed by atoms with E-state index >= 15 is 0 Å². The summed E-state index contributed by atoms with van der Waals surface area (Å²) in [4.78, 5) is 44.5. The molecule has 0 bridgehead atoms. The zero-order chi connectivity index (χ0) is 15.4. The van der Waals surface area contributed by atoms with Crippen LogP contribution in [0.3, 0.4) is 0 Å². The molecule has 0 heterocycles. The monoisotopic (exact) mass is 286 g/mol. The minimum Gasteiger partial charge on any atom is -0.458 e. The van der Waals surface area contributed by atoms with Crippen LogP contribution >= 0.6 is 0 Å². The van der Waals surface area contributed by atoms with Gasteiger partial charge in [-0.15, -0.1) is 0 Å². The summed E-state index contributed by atoms with van der Waals surface area (Å²) < 4.78 is 4.78. The Hall–Kier alpha value is -1.92. The average Bonchev–Trinajstić information content (AvgIpc) is 2.44. The number of Topliss-reactive ketones (excluding diaryl/α,β-unsaturated/α-hetero) is 1. The third kappa shape index (κ3) is 10.0. The lowest BCUT2D eigenvalue weighted by Gasteiger charge is -2.04. The molecule has 0 atom stereocenters. The maximum Gasteiger partial charge on any atom is 0.306 e. The number of amides is 2. The molecule has 114 valence electrons. The highest BCUT2D eigenvalue weighted by atomic mass is 16.5. The van der Waals surface area contributed by atoms with Crippen molar-refractivity contribution < 1.29 is 23.9 Å². The fraction of sp³-hybridized carbons (Fsp3) is 0.692. The Kier molecular flexibility index (Phi) is 9.90. The van der Waals surface area contributed by atoms with Gasteiger partial charge in [-0.05, 0) is 12.8 Å². The van der Waals surface area contributed by atoms with Crippen LogP contribution in [0, 0.1) is 0 Å². The van der Waals surface area contributed by atoms with E-state index in [1.54, 1.807) is 0 Å². The predicted molar refractivity (Wildman–Crippen MR) is 71.8 cm³/mol. The van der Waals surface area contributed by atoms with Gasteiger partial charge in [-0.25, -0.2) is 0 Å². The number of esters is 1. The first-order chi connectivity index (χ1) is 9.49. The Morgan fingerprint density at radius 3 is 1.80 bits per heavy atom. The van der Waals surface area contributed by atoms with Crippen molar-refractivity contribution in [3.63, 3.8) is 0 Å². The first-order valence-electron chi connectivity index (χ1n) is 6.58. The SMILES string of the molecule is CNC(=O)CCCC(=O)COC(=O)CCCC(=O)NC. The maximum absolute atomic E-state index is 11.4. The summed E-state index contributed by atoms with van der Waals surface area (Å²) in [7, 11) is 3.06. The summed E-state index contributed by atoms with van der Waals surface area (Å²) in [6, 6.07) is 0. The number of nitrogens with one attached hydrogen (secondary N) is 2. The lowest BCUT2D eigenvalue weighted by molar-refractivity contribution is -0.148. The molecule has 0 saturated carbocycles. The van der Waals surface area contributed by atoms with Crippen LogP contribution in [-0.2, 0) is 23.9 Å². The van der Waals surface area contributed by atoms with Crippen LogP contribution in [-0.4, -0.2) is 44.3 Å². The zero-order valence-corrected chi connectivity index (χ0v) is 12.0. The Bertz CT molecular complexity index is 321. The minimum atomic E-state index is -0.492. The molecule has 7 nitrogen and oxygen atoms in total. The van der Waals surface area contributed by atoms with Gasteiger partial charge in [0.2, 0.25) is 11.8 Å². The number of ketones is 1. The smallest absolute Gasteiger partial charge is 0.306 e. The van der Waals surface area contributed by atoms with Crippen molar-refractivity contribution in [3.8, 4) is 0 Å². The second-order valence-electron chi connectivity index (χ2n) is 4.25. The van der Waals surface area contributed by atoms with Crippen molar-refractivity contribution >= 4 is 23.6 Å². The van der Waals surface area contributed by atoms with Crippen LogP contribution in [0.2, 0.25) is 0 Å². The number of ether oxygens (including phenoxy) is 1. The van der Waals surface area contributed by atoms with Crippen molar-refractivity contribution in [2.75, 3.05) is 20.7 Å². The highest BCUT2D eigenvalue weighted by Gasteiger charge is 2.09. The number of hydrogen-bond donors (Lipinski definition) is 2. The topological polar surface area (TPSA) is 102 Å². The van der Waals surface area contributed by atoms with Gasteiger partial charge in [0, 0.05) is 39.8 Å². The molecule has 7 heteroatoms. The van der Waals surface area contributed by atoms with Crippen molar-refractivity contribution in [3.05, 3.63) is 0 Å². The number of rotatable bonds is 10. The number of carbonyl (C=O) groups is 4. The number of hydrogen-bond acceptors (Lipinski definition) is 5. The normalized spacial score (nSPS) is 9.70. The summed E-state index contributed by atoms with van der Waals surface area (Å²) in [5.41, 5.74) is 0. The summed E-state index contributed by atoms with van der Waals surface area (Å²) in [5.74, 6) is -0.964. The fourth-order valence-corrected chi connectivity index (χ4v) is 1.39. The molecule has 0 radical (unpaired) electrons. The van der Waals surface area contributed by atoms with E-state index in [1.807, 2.05) is 0 Å². The lowest BCUT2D eigenvalue weighted by atomic mass is 10.2. The van der Waals surface area contributed by atoms with Gasteiger partial charge in [-0.3, -0.25) is 19.2 Å². The molecule has 0 aromatic rings. The molecule has 2 N–H and O–H groups in total. The Labute approximate surface area is 118 Å². The zero-order valence-electron chi connectivity index (χ0n) is 12.0. The second kappa shape index (κ2) is 11.0. The van der Waals surface area contributed by atoms with E-state index in [2.05, 4.69) is 10.6 Å². The Morgan fingerprint density at radius 2 is 1.30 bits per heavy atom. The molecular weight excluding hydrogens is 264 g/mol. The van der Waals surface area contributed by atoms with Crippen LogP contribution in [0.5, 0.6) is 0 Å². The van der Waals surface area contributed by atoms with E-state index in [0.717, 1.165) is 0 Å². The van der Waals surface area contributed by atoms with Gasteiger partial charge in [0.25, 0.3) is 0 Å². The molecule has 20 heavy (non-hydrogen) atoms.